The van der Waals surface area contributed by atoms with Gasteiger partial charge in [-0.15, -0.1) is 11.3 Å². The topological polar surface area (TPSA) is 75.3 Å². The average Bonchev–Trinajstić information content (AvgIpc) is 2.77. The smallest absolute Gasteiger partial charge is 0.261 e. The van der Waals surface area contributed by atoms with Crippen LogP contribution in [0.2, 0.25) is 0 Å². The summed E-state index contributed by atoms with van der Waals surface area (Å²) < 4.78 is 0. The van der Waals surface area contributed by atoms with E-state index < -0.39 is 0 Å². The van der Waals surface area contributed by atoms with E-state index in [1.807, 2.05) is 0 Å². The number of Topliss-reactive ketones (excluding diaryl/α,β-unsaturated/α-hetero) is 1. The van der Waals surface area contributed by atoms with E-state index in [1.54, 1.807) is 12.1 Å². The van der Waals surface area contributed by atoms with Crippen LogP contribution in [0.4, 0.5) is 0 Å². The van der Waals surface area contributed by atoms with E-state index in [4.69, 9.17) is 0 Å². The van der Waals surface area contributed by atoms with Gasteiger partial charge < -0.3 is 10.6 Å². The lowest BCUT2D eigenvalue weighted by molar-refractivity contribution is -0.120. The Kier molecular flexibility index (Phi) is 4.31. The molecule has 0 saturated carbocycles. The highest BCUT2D eigenvalue weighted by Gasteiger charge is 2.19. The Labute approximate surface area is 115 Å². The van der Waals surface area contributed by atoms with Crippen molar-refractivity contribution in [3.63, 3.8) is 0 Å². The molecule has 19 heavy (non-hydrogen) atoms. The van der Waals surface area contributed by atoms with Crippen molar-refractivity contribution in [1.29, 1.82) is 0 Å². The van der Waals surface area contributed by atoms with E-state index >= 15 is 0 Å². The van der Waals surface area contributed by atoms with Gasteiger partial charge in [-0.25, -0.2) is 0 Å². The van der Waals surface area contributed by atoms with E-state index in [0.717, 1.165) is 6.42 Å². The summed E-state index contributed by atoms with van der Waals surface area (Å²) in [6.45, 7) is 2.07. The maximum Gasteiger partial charge on any atom is 0.261 e. The van der Waals surface area contributed by atoms with Crippen LogP contribution < -0.4 is 10.6 Å². The van der Waals surface area contributed by atoms with Crippen molar-refractivity contribution < 1.29 is 14.4 Å². The van der Waals surface area contributed by atoms with E-state index in [-0.39, 0.29) is 23.6 Å². The standard InChI is InChI=1S/C13H16N2O3S/c1-8(16)10-3-4-11(19-10)13(18)15-9-2-5-12(17)14-7-6-9/h3-4,9H,2,5-7H2,1H3,(H,14,17)(H,15,18). The highest BCUT2D eigenvalue weighted by Crippen LogP contribution is 2.17. The molecule has 0 spiro atoms. The third-order valence-corrected chi connectivity index (χ3v) is 4.23. The van der Waals surface area contributed by atoms with Crippen molar-refractivity contribution in [1.82, 2.24) is 10.6 Å². The fourth-order valence-electron chi connectivity index (χ4n) is 1.97. The van der Waals surface area contributed by atoms with Gasteiger partial charge in [0.25, 0.3) is 5.91 Å². The minimum atomic E-state index is -0.170. The van der Waals surface area contributed by atoms with Crippen molar-refractivity contribution in [3.8, 4) is 0 Å². The van der Waals surface area contributed by atoms with Gasteiger partial charge in [0.1, 0.15) is 0 Å². The van der Waals surface area contributed by atoms with Crippen LogP contribution in [0, 0.1) is 0 Å². The Hall–Kier alpha value is -1.69. The monoisotopic (exact) mass is 280 g/mol. The van der Waals surface area contributed by atoms with Crippen LogP contribution in [-0.4, -0.2) is 30.2 Å². The highest BCUT2D eigenvalue weighted by atomic mass is 32.1. The number of amides is 2. The van der Waals surface area contributed by atoms with Crippen LogP contribution in [0.1, 0.15) is 45.5 Å². The molecule has 5 nitrogen and oxygen atoms in total. The number of hydrogen-bond donors (Lipinski definition) is 2. The summed E-state index contributed by atoms with van der Waals surface area (Å²) in [5.41, 5.74) is 0. The van der Waals surface area contributed by atoms with Crippen LogP contribution in [0.15, 0.2) is 12.1 Å². The van der Waals surface area contributed by atoms with E-state index in [2.05, 4.69) is 10.6 Å². The van der Waals surface area contributed by atoms with Gasteiger partial charge in [0, 0.05) is 19.0 Å². The summed E-state index contributed by atoms with van der Waals surface area (Å²) in [5, 5.41) is 5.69. The normalized spacial score (nSPS) is 19.4. The summed E-state index contributed by atoms with van der Waals surface area (Å²) in [4.78, 5) is 35.5. The van der Waals surface area contributed by atoms with Crippen LogP contribution >= 0.6 is 11.3 Å². The number of carbonyl (C=O) groups is 3. The molecule has 1 aromatic heterocycles. The minimum Gasteiger partial charge on any atom is -0.356 e. The van der Waals surface area contributed by atoms with Gasteiger partial charge in [0.15, 0.2) is 5.78 Å². The molecule has 0 aromatic carbocycles. The molecule has 2 N–H and O–H groups in total. The van der Waals surface area contributed by atoms with Crippen molar-refractivity contribution in [2.75, 3.05) is 6.54 Å². The molecule has 1 atom stereocenters. The molecular formula is C13H16N2O3S. The first-order valence-electron chi connectivity index (χ1n) is 6.24. The fourth-order valence-corrected chi connectivity index (χ4v) is 2.78. The third kappa shape index (κ3) is 3.64. The lowest BCUT2D eigenvalue weighted by atomic mass is 10.1. The van der Waals surface area contributed by atoms with Gasteiger partial charge in [0.2, 0.25) is 5.91 Å². The van der Waals surface area contributed by atoms with E-state index in [9.17, 15) is 14.4 Å². The predicted octanol–water partition coefficient (Wildman–Crippen LogP) is 1.35. The molecule has 0 bridgehead atoms. The number of thiophene rings is 1. The Bertz CT molecular complexity index is 510. The SMILES string of the molecule is CC(=O)c1ccc(C(=O)NC2CCNC(=O)CC2)s1. The molecular weight excluding hydrogens is 264 g/mol. The zero-order valence-electron chi connectivity index (χ0n) is 10.7. The molecule has 0 radical (unpaired) electrons. The lowest BCUT2D eigenvalue weighted by Crippen LogP contribution is -2.34. The van der Waals surface area contributed by atoms with Gasteiger partial charge in [-0.05, 0) is 31.9 Å². The number of nitrogens with one attached hydrogen (secondary N) is 2. The number of carbonyl (C=O) groups excluding carboxylic acids is 3. The predicted molar refractivity (Wildman–Crippen MR) is 72.4 cm³/mol. The summed E-state index contributed by atoms with van der Waals surface area (Å²) in [7, 11) is 0. The lowest BCUT2D eigenvalue weighted by Gasteiger charge is -2.14. The van der Waals surface area contributed by atoms with Crippen LogP contribution in [-0.2, 0) is 4.79 Å². The molecule has 1 aliphatic rings. The maximum absolute atomic E-state index is 12.0. The Morgan fingerprint density at radius 1 is 1.32 bits per heavy atom. The fraction of sp³-hybridized carbons (Fsp3) is 0.462. The van der Waals surface area contributed by atoms with Crippen molar-refractivity contribution in [2.45, 2.75) is 32.2 Å². The first kappa shape index (κ1) is 13.7. The molecule has 1 aliphatic heterocycles. The number of ketones is 1. The van der Waals surface area contributed by atoms with Gasteiger partial charge in [-0.3, -0.25) is 14.4 Å². The number of hydrogen-bond acceptors (Lipinski definition) is 4. The van der Waals surface area contributed by atoms with Gasteiger partial charge >= 0.3 is 0 Å². The Morgan fingerprint density at radius 3 is 2.74 bits per heavy atom. The van der Waals surface area contributed by atoms with Crippen LogP contribution in [0.3, 0.4) is 0 Å². The second kappa shape index (κ2) is 5.97. The second-order valence-electron chi connectivity index (χ2n) is 4.57. The first-order valence-corrected chi connectivity index (χ1v) is 7.06. The molecule has 6 heteroatoms. The summed E-state index contributed by atoms with van der Waals surface area (Å²) >= 11 is 1.20. The Balaban J connectivity index is 1.96. The van der Waals surface area contributed by atoms with Gasteiger partial charge in [-0.1, -0.05) is 0 Å². The van der Waals surface area contributed by atoms with E-state index in [1.165, 1.54) is 18.3 Å². The van der Waals surface area contributed by atoms with Gasteiger partial charge in [-0.2, -0.15) is 0 Å². The largest absolute Gasteiger partial charge is 0.356 e. The van der Waals surface area contributed by atoms with Crippen molar-refractivity contribution in [3.05, 3.63) is 21.9 Å². The Morgan fingerprint density at radius 2 is 2.05 bits per heavy atom. The minimum absolute atomic E-state index is 0.00864. The van der Waals surface area contributed by atoms with Crippen molar-refractivity contribution >= 4 is 28.9 Å². The molecule has 1 aromatic rings. The van der Waals surface area contributed by atoms with Gasteiger partial charge in [0.05, 0.1) is 9.75 Å². The van der Waals surface area contributed by atoms with Crippen LogP contribution in [0.25, 0.3) is 0 Å². The van der Waals surface area contributed by atoms with E-state index in [0.29, 0.717) is 29.1 Å². The summed E-state index contributed by atoms with van der Waals surface area (Å²) in [5.74, 6) is -0.170. The quantitative estimate of drug-likeness (QED) is 0.821. The molecule has 1 saturated heterocycles. The first-order chi connectivity index (χ1) is 9.06. The molecule has 1 unspecified atom stereocenters. The average molecular weight is 280 g/mol. The summed E-state index contributed by atoms with van der Waals surface area (Å²) in [6, 6.07) is 3.34. The molecule has 2 heterocycles. The molecule has 2 rings (SSSR count). The molecule has 2 amide bonds. The maximum atomic E-state index is 12.0. The highest BCUT2D eigenvalue weighted by molar-refractivity contribution is 7.15. The van der Waals surface area contributed by atoms with Crippen molar-refractivity contribution in [2.24, 2.45) is 0 Å². The van der Waals surface area contributed by atoms with Crippen LogP contribution in [0.5, 0.6) is 0 Å². The summed E-state index contributed by atoms with van der Waals surface area (Å²) in [6.07, 6.45) is 1.83. The second-order valence-corrected chi connectivity index (χ2v) is 5.65. The zero-order chi connectivity index (χ0) is 13.8. The molecule has 102 valence electrons. The molecule has 1 fully saturated rings. The third-order valence-electron chi connectivity index (χ3n) is 3.05. The molecule has 0 aliphatic carbocycles. The number of rotatable bonds is 3. The zero-order valence-corrected chi connectivity index (χ0v) is 11.5.